The van der Waals surface area contributed by atoms with Crippen molar-refractivity contribution < 1.29 is 15.0 Å². The average molecular weight is 572 g/mol. The molecule has 0 saturated carbocycles. The number of hydrogen-bond donors (Lipinski definition) is 2. The van der Waals surface area contributed by atoms with Crippen LogP contribution in [0.2, 0.25) is 10.0 Å². The molecule has 2 aromatic heterocycles. The minimum atomic E-state index is -1.04. The van der Waals surface area contributed by atoms with Crippen molar-refractivity contribution >= 4 is 46.2 Å². The topological polar surface area (TPSA) is 131 Å². The van der Waals surface area contributed by atoms with Gasteiger partial charge in [-0.1, -0.05) is 29.3 Å². The highest BCUT2D eigenvalue weighted by atomic mass is 35.5. The number of aliphatic hydroxyl groups is 1. The van der Waals surface area contributed by atoms with E-state index in [-0.39, 0.29) is 23.7 Å². The molecule has 0 spiro atoms. The monoisotopic (exact) mass is 571 g/mol. The second kappa shape index (κ2) is 10.5. The Labute approximate surface area is 236 Å². The van der Waals surface area contributed by atoms with E-state index in [1.54, 1.807) is 36.9 Å². The summed E-state index contributed by atoms with van der Waals surface area (Å²) in [7, 11) is 0. The van der Waals surface area contributed by atoms with E-state index in [9.17, 15) is 20.3 Å². The number of carbonyl (C=O) groups is 1. The van der Waals surface area contributed by atoms with Gasteiger partial charge >= 0.3 is 5.97 Å². The van der Waals surface area contributed by atoms with Gasteiger partial charge in [0.1, 0.15) is 23.4 Å². The number of hydrogen-bond acceptors (Lipinski definition) is 8. The maximum Gasteiger partial charge on any atom is 0.320 e. The largest absolute Gasteiger partial charge is 0.480 e. The molecule has 10 nitrogen and oxygen atoms in total. The number of halogens is 2. The van der Waals surface area contributed by atoms with Gasteiger partial charge in [0.2, 0.25) is 0 Å². The molecule has 3 aromatic rings. The molecule has 39 heavy (non-hydrogen) atoms. The van der Waals surface area contributed by atoms with Crippen molar-refractivity contribution in [1.29, 1.82) is 5.26 Å². The molecule has 5 rings (SSSR count). The fourth-order valence-electron chi connectivity index (χ4n) is 6.06. The highest BCUT2D eigenvalue weighted by molar-refractivity contribution is 6.35. The van der Waals surface area contributed by atoms with Crippen molar-refractivity contribution in [2.24, 2.45) is 5.92 Å². The zero-order valence-electron chi connectivity index (χ0n) is 22.1. The van der Waals surface area contributed by atoms with Crippen LogP contribution in [0.4, 0.5) is 5.82 Å². The third-order valence-corrected chi connectivity index (χ3v) is 8.65. The molecule has 2 saturated heterocycles. The summed E-state index contributed by atoms with van der Waals surface area (Å²) in [6, 6.07) is 6.42. The predicted molar refractivity (Wildman–Crippen MR) is 148 cm³/mol. The van der Waals surface area contributed by atoms with Gasteiger partial charge in [-0.05, 0) is 64.3 Å². The van der Waals surface area contributed by atoms with Crippen molar-refractivity contribution in [3.8, 4) is 6.07 Å². The van der Waals surface area contributed by atoms with E-state index in [4.69, 9.17) is 28.2 Å². The lowest BCUT2D eigenvalue weighted by atomic mass is 9.79. The van der Waals surface area contributed by atoms with Crippen LogP contribution in [0.1, 0.15) is 57.3 Å². The van der Waals surface area contributed by atoms with Crippen LogP contribution in [0.5, 0.6) is 0 Å². The van der Waals surface area contributed by atoms with Crippen LogP contribution in [0.25, 0.3) is 11.2 Å². The fraction of sp³-hybridized carbons (Fsp3) is 0.519. The fourth-order valence-corrected chi connectivity index (χ4v) is 6.63. The molecule has 12 heteroatoms. The van der Waals surface area contributed by atoms with Gasteiger partial charge in [0.05, 0.1) is 17.8 Å². The van der Waals surface area contributed by atoms with Crippen LogP contribution in [-0.4, -0.2) is 78.1 Å². The van der Waals surface area contributed by atoms with Crippen molar-refractivity contribution in [1.82, 2.24) is 24.6 Å². The molecule has 2 N–H and O–H groups in total. The lowest BCUT2D eigenvalue weighted by Crippen LogP contribution is -2.59. The van der Waals surface area contributed by atoms with Gasteiger partial charge in [-0.15, -0.1) is 0 Å². The molecule has 1 aromatic carbocycles. The van der Waals surface area contributed by atoms with Crippen LogP contribution in [-0.2, 0) is 4.79 Å². The van der Waals surface area contributed by atoms with Gasteiger partial charge in [-0.25, -0.2) is 14.6 Å². The summed E-state index contributed by atoms with van der Waals surface area (Å²) in [6.45, 7) is 7.29. The number of fused-ring (bicyclic) bond motifs is 1. The number of rotatable bonds is 6. The summed E-state index contributed by atoms with van der Waals surface area (Å²) in [5.74, 6) is -0.418. The summed E-state index contributed by atoms with van der Waals surface area (Å²) in [5, 5.41) is 36.1. The Morgan fingerprint density at radius 1 is 1.26 bits per heavy atom. The van der Waals surface area contributed by atoms with E-state index in [1.165, 1.54) is 0 Å². The molecular weight excluding hydrogens is 541 g/mol. The molecule has 0 amide bonds. The Balaban J connectivity index is 1.49. The van der Waals surface area contributed by atoms with E-state index in [1.807, 2.05) is 13.0 Å². The van der Waals surface area contributed by atoms with Gasteiger partial charge in [-0.2, -0.15) is 10.4 Å². The third kappa shape index (κ3) is 5.16. The SMILES string of the molecule is C[C@H](c1ccc(Cl)cc1Cl)n1nc(C#N)c2ncc(N3CC[C@H](N4CCC[C@H]4C(=O)O)[C@H](C(C)(C)O)C3)nc21. The van der Waals surface area contributed by atoms with Crippen molar-refractivity contribution in [3.63, 3.8) is 0 Å². The number of carboxylic acids is 1. The van der Waals surface area contributed by atoms with E-state index in [0.29, 0.717) is 59.5 Å². The molecule has 0 bridgehead atoms. The zero-order chi connectivity index (χ0) is 28.1. The Hall–Kier alpha value is -2.97. The number of anilines is 1. The first-order valence-electron chi connectivity index (χ1n) is 13.1. The quantitative estimate of drug-likeness (QED) is 0.448. The number of nitrogens with zero attached hydrogens (tertiary/aromatic N) is 7. The number of carboxylic acid groups (broad SMARTS) is 1. The van der Waals surface area contributed by atoms with Gasteiger partial charge < -0.3 is 15.1 Å². The van der Waals surface area contributed by atoms with Crippen LogP contribution < -0.4 is 4.90 Å². The van der Waals surface area contributed by atoms with Crippen LogP contribution in [0.3, 0.4) is 0 Å². The highest BCUT2D eigenvalue weighted by Gasteiger charge is 2.46. The number of likely N-dealkylation sites (tertiary alicyclic amines) is 1. The van der Waals surface area contributed by atoms with Crippen molar-refractivity contribution in [3.05, 3.63) is 45.7 Å². The standard InChI is InChI=1S/C27H31Cl2N7O3/c1-15(17-7-6-16(28)11-19(17)29)36-25-24(20(12-30)33-36)31-13-23(32-25)34-10-8-21(18(14-34)27(2,3)39)35-9-4-5-22(35)26(37)38/h6-7,11,13,15,18,21-22,39H,4-5,8-10,14H2,1-3H3,(H,37,38)/t15-,18-,21+,22+/m1/s1. The molecule has 0 unspecified atom stereocenters. The van der Waals surface area contributed by atoms with Crippen molar-refractivity contribution in [2.45, 2.75) is 63.8 Å². The minimum Gasteiger partial charge on any atom is -0.480 e. The zero-order valence-corrected chi connectivity index (χ0v) is 23.6. The molecule has 2 aliphatic rings. The maximum atomic E-state index is 11.9. The lowest BCUT2D eigenvalue weighted by Gasteiger charge is -2.48. The summed E-state index contributed by atoms with van der Waals surface area (Å²) >= 11 is 12.6. The Bertz CT molecular complexity index is 1450. The average Bonchev–Trinajstić information content (AvgIpc) is 3.52. The number of piperidine rings is 1. The summed E-state index contributed by atoms with van der Waals surface area (Å²) in [4.78, 5) is 25.5. The van der Waals surface area contributed by atoms with E-state index < -0.39 is 17.6 Å². The third-order valence-electron chi connectivity index (χ3n) is 8.09. The first-order chi connectivity index (χ1) is 18.5. The van der Waals surface area contributed by atoms with Gasteiger partial charge in [0, 0.05) is 35.1 Å². The number of benzene rings is 1. The summed E-state index contributed by atoms with van der Waals surface area (Å²) in [5.41, 5.74) is 0.761. The first-order valence-corrected chi connectivity index (χ1v) is 13.8. The molecule has 0 radical (unpaired) electrons. The lowest BCUT2D eigenvalue weighted by molar-refractivity contribution is -0.144. The van der Waals surface area contributed by atoms with Gasteiger partial charge in [0.15, 0.2) is 11.3 Å². The molecule has 2 fully saturated rings. The molecule has 206 valence electrons. The molecular formula is C27H31Cl2N7O3. The smallest absolute Gasteiger partial charge is 0.320 e. The second-order valence-electron chi connectivity index (χ2n) is 10.9. The molecule has 2 aliphatic heterocycles. The van der Waals surface area contributed by atoms with Crippen LogP contribution in [0.15, 0.2) is 24.4 Å². The first kappa shape index (κ1) is 27.6. The van der Waals surface area contributed by atoms with E-state index in [2.05, 4.69) is 26.0 Å². The number of nitriles is 1. The Morgan fingerprint density at radius 2 is 2.03 bits per heavy atom. The van der Waals surface area contributed by atoms with Gasteiger partial charge in [-0.3, -0.25) is 9.69 Å². The Morgan fingerprint density at radius 3 is 2.69 bits per heavy atom. The number of aromatic nitrogens is 4. The molecule has 4 atom stereocenters. The predicted octanol–water partition coefficient (Wildman–Crippen LogP) is 4.13. The van der Waals surface area contributed by atoms with Crippen LogP contribution >= 0.6 is 23.2 Å². The summed E-state index contributed by atoms with van der Waals surface area (Å²) < 4.78 is 1.65. The molecule has 4 heterocycles. The van der Waals surface area contributed by atoms with E-state index >= 15 is 0 Å². The maximum absolute atomic E-state index is 11.9. The van der Waals surface area contributed by atoms with E-state index in [0.717, 1.165) is 12.0 Å². The minimum absolute atomic E-state index is 0.0654. The normalized spacial score (nSPS) is 23.2. The number of aliphatic carboxylic acids is 1. The highest BCUT2D eigenvalue weighted by Crippen LogP contribution is 2.37. The van der Waals surface area contributed by atoms with Gasteiger partial charge in [0.25, 0.3) is 0 Å². The van der Waals surface area contributed by atoms with Crippen molar-refractivity contribution in [2.75, 3.05) is 24.5 Å². The van der Waals surface area contributed by atoms with Crippen LogP contribution in [0, 0.1) is 17.2 Å². The Kier molecular flexibility index (Phi) is 7.46. The molecule has 0 aliphatic carbocycles. The second-order valence-corrected chi connectivity index (χ2v) is 11.8. The summed E-state index contributed by atoms with van der Waals surface area (Å²) in [6.07, 6.45) is 3.76.